The van der Waals surface area contributed by atoms with E-state index < -0.39 is 15.4 Å². The molecule has 2 aliphatic carbocycles. The maximum absolute atomic E-state index is 11.1. The van der Waals surface area contributed by atoms with Crippen LogP contribution in [0.3, 0.4) is 0 Å². The van der Waals surface area contributed by atoms with E-state index in [1.54, 1.807) is 6.92 Å². The van der Waals surface area contributed by atoms with E-state index >= 15 is 0 Å². The molecule has 1 unspecified atom stereocenters. The maximum atomic E-state index is 11.1. The van der Waals surface area contributed by atoms with Crippen molar-refractivity contribution in [3.05, 3.63) is 0 Å². The summed E-state index contributed by atoms with van der Waals surface area (Å²) in [6.45, 7) is 1.66. The van der Waals surface area contributed by atoms with Crippen LogP contribution in [0.4, 0.5) is 0 Å². The molecule has 0 saturated heterocycles. The standard InChI is InChI=1S/C9H16O3S/c1-7(13(10,11)12)9-4-2-8(6-9)3-5-9/h7-8H,2-6H2,1H3,(H,10,11,12). The lowest BCUT2D eigenvalue weighted by atomic mass is 9.81. The van der Waals surface area contributed by atoms with Crippen molar-refractivity contribution in [1.82, 2.24) is 0 Å². The second-order valence-corrected chi connectivity index (χ2v) is 6.40. The highest BCUT2D eigenvalue weighted by molar-refractivity contribution is 7.86. The first-order chi connectivity index (χ1) is 5.94. The highest BCUT2D eigenvalue weighted by atomic mass is 32.2. The SMILES string of the molecule is CC(C12CCC(CC1)C2)S(=O)(=O)O. The summed E-state index contributed by atoms with van der Waals surface area (Å²) in [6, 6.07) is 0. The van der Waals surface area contributed by atoms with Gasteiger partial charge in [-0.25, -0.2) is 0 Å². The Labute approximate surface area is 79.3 Å². The molecule has 1 N–H and O–H groups in total. The molecule has 76 valence electrons. The average Bonchev–Trinajstić information content (AvgIpc) is 2.60. The minimum absolute atomic E-state index is 0.0851. The van der Waals surface area contributed by atoms with Gasteiger partial charge in [0.1, 0.15) is 0 Å². The van der Waals surface area contributed by atoms with Crippen molar-refractivity contribution >= 4 is 10.1 Å². The highest BCUT2D eigenvalue weighted by Crippen LogP contribution is 2.57. The van der Waals surface area contributed by atoms with Gasteiger partial charge in [-0.15, -0.1) is 0 Å². The summed E-state index contributed by atoms with van der Waals surface area (Å²) < 4.78 is 31.1. The highest BCUT2D eigenvalue weighted by Gasteiger charge is 2.51. The molecule has 0 aromatic carbocycles. The van der Waals surface area contributed by atoms with E-state index in [9.17, 15) is 8.42 Å². The Bertz CT molecular complexity index is 299. The van der Waals surface area contributed by atoms with Gasteiger partial charge < -0.3 is 0 Å². The predicted molar refractivity (Wildman–Crippen MR) is 50.0 cm³/mol. The van der Waals surface area contributed by atoms with Gasteiger partial charge in [-0.1, -0.05) is 0 Å². The van der Waals surface area contributed by atoms with Crippen molar-refractivity contribution in [3.63, 3.8) is 0 Å². The van der Waals surface area contributed by atoms with Gasteiger partial charge in [-0.3, -0.25) is 4.55 Å². The fraction of sp³-hybridized carbons (Fsp3) is 1.00. The molecule has 2 bridgehead atoms. The van der Waals surface area contributed by atoms with Crippen molar-refractivity contribution in [3.8, 4) is 0 Å². The number of hydrogen-bond acceptors (Lipinski definition) is 2. The van der Waals surface area contributed by atoms with Crippen molar-refractivity contribution in [2.24, 2.45) is 11.3 Å². The van der Waals surface area contributed by atoms with E-state index in [0.29, 0.717) is 0 Å². The van der Waals surface area contributed by atoms with Crippen LogP contribution in [0.15, 0.2) is 0 Å². The Balaban J connectivity index is 2.25. The van der Waals surface area contributed by atoms with Crippen LogP contribution in [0.5, 0.6) is 0 Å². The minimum atomic E-state index is -3.83. The molecule has 0 aromatic rings. The average molecular weight is 204 g/mol. The van der Waals surface area contributed by atoms with Gasteiger partial charge in [0.25, 0.3) is 10.1 Å². The number of hydrogen-bond donors (Lipinski definition) is 1. The topological polar surface area (TPSA) is 54.4 Å². The summed E-state index contributed by atoms with van der Waals surface area (Å²) in [4.78, 5) is 0. The first-order valence-electron chi connectivity index (χ1n) is 4.90. The van der Waals surface area contributed by atoms with Gasteiger partial charge in [0.05, 0.1) is 5.25 Å². The first kappa shape index (κ1) is 9.46. The second-order valence-electron chi connectivity index (χ2n) is 4.67. The Kier molecular flexibility index (Phi) is 1.97. The molecule has 4 heteroatoms. The molecule has 2 rings (SSSR count). The van der Waals surface area contributed by atoms with Crippen molar-refractivity contribution in [2.75, 3.05) is 0 Å². The van der Waals surface area contributed by atoms with E-state index in [-0.39, 0.29) is 5.41 Å². The molecule has 0 aliphatic heterocycles. The molecule has 0 heterocycles. The monoisotopic (exact) mass is 204 g/mol. The molecular formula is C9H16O3S. The van der Waals surface area contributed by atoms with E-state index in [4.69, 9.17) is 4.55 Å². The molecule has 0 aromatic heterocycles. The number of fused-ring (bicyclic) bond motifs is 2. The van der Waals surface area contributed by atoms with Gasteiger partial charge in [0.15, 0.2) is 0 Å². The molecule has 13 heavy (non-hydrogen) atoms. The van der Waals surface area contributed by atoms with Crippen LogP contribution in [0, 0.1) is 11.3 Å². The fourth-order valence-electron chi connectivity index (χ4n) is 3.12. The zero-order chi connectivity index (χ0) is 9.69. The molecule has 2 fully saturated rings. The summed E-state index contributed by atoms with van der Waals surface area (Å²) in [5, 5.41) is -0.563. The molecule has 0 amide bonds. The molecule has 0 spiro atoms. The van der Waals surface area contributed by atoms with E-state index in [2.05, 4.69) is 0 Å². The molecule has 3 nitrogen and oxygen atoms in total. The summed E-state index contributed by atoms with van der Waals surface area (Å²) in [5.74, 6) is 0.726. The van der Waals surface area contributed by atoms with Gasteiger partial charge >= 0.3 is 0 Å². The van der Waals surface area contributed by atoms with Crippen LogP contribution < -0.4 is 0 Å². The third-order valence-corrected chi connectivity index (χ3v) is 5.50. The van der Waals surface area contributed by atoms with Crippen molar-refractivity contribution in [2.45, 2.75) is 44.3 Å². The van der Waals surface area contributed by atoms with Crippen LogP contribution in [-0.4, -0.2) is 18.2 Å². The second kappa shape index (κ2) is 2.70. The van der Waals surface area contributed by atoms with Crippen molar-refractivity contribution < 1.29 is 13.0 Å². The molecule has 0 radical (unpaired) electrons. The van der Waals surface area contributed by atoms with Crippen LogP contribution in [0.25, 0.3) is 0 Å². The lowest BCUT2D eigenvalue weighted by Crippen LogP contribution is -2.35. The summed E-state index contributed by atoms with van der Waals surface area (Å²) in [5.41, 5.74) is -0.0851. The molecule has 2 aliphatic rings. The Morgan fingerprint density at radius 1 is 1.38 bits per heavy atom. The van der Waals surface area contributed by atoms with Crippen LogP contribution in [-0.2, 0) is 10.1 Å². The lowest BCUT2D eigenvalue weighted by Gasteiger charge is -2.31. The predicted octanol–water partition coefficient (Wildman–Crippen LogP) is 1.84. The smallest absolute Gasteiger partial charge is 0.268 e. The van der Waals surface area contributed by atoms with Gasteiger partial charge in [0, 0.05) is 0 Å². The van der Waals surface area contributed by atoms with Gasteiger partial charge in [-0.2, -0.15) is 8.42 Å². The van der Waals surface area contributed by atoms with Crippen LogP contribution >= 0.6 is 0 Å². The largest absolute Gasteiger partial charge is 0.285 e. The van der Waals surface area contributed by atoms with Crippen LogP contribution in [0.2, 0.25) is 0 Å². The third kappa shape index (κ3) is 1.40. The maximum Gasteiger partial charge on any atom is 0.268 e. The summed E-state index contributed by atoms with van der Waals surface area (Å²) in [6.07, 6.45) is 5.28. The zero-order valence-corrected chi connectivity index (χ0v) is 8.68. The number of rotatable bonds is 2. The quantitative estimate of drug-likeness (QED) is 0.698. The van der Waals surface area contributed by atoms with Crippen LogP contribution in [0.1, 0.15) is 39.0 Å². The van der Waals surface area contributed by atoms with E-state index in [1.165, 1.54) is 0 Å². The van der Waals surface area contributed by atoms with E-state index in [0.717, 1.165) is 38.0 Å². The summed E-state index contributed by atoms with van der Waals surface area (Å²) in [7, 11) is -3.83. The minimum Gasteiger partial charge on any atom is -0.285 e. The Hall–Kier alpha value is -0.0900. The van der Waals surface area contributed by atoms with Gasteiger partial charge in [-0.05, 0) is 50.4 Å². The van der Waals surface area contributed by atoms with Gasteiger partial charge in [0.2, 0.25) is 0 Å². The van der Waals surface area contributed by atoms with Crippen molar-refractivity contribution in [1.29, 1.82) is 0 Å². The zero-order valence-electron chi connectivity index (χ0n) is 7.86. The Morgan fingerprint density at radius 3 is 2.23 bits per heavy atom. The molecule has 2 saturated carbocycles. The summed E-state index contributed by atoms with van der Waals surface area (Å²) >= 11 is 0. The lowest BCUT2D eigenvalue weighted by molar-refractivity contribution is 0.274. The molecule has 1 atom stereocenters. The molecular weight excluding hydrogens is 188 g/mol. The van der Waals surface area contributed by atoms with E-state index in [1.807, 2.05) is 0 Å². The third-order valence-electron chi connectivity index (χ3n) is 4.11. The first-order valence-corrected chi connectivity index (χ1v) is 6.41. The normalized spacial score (nSPS) is 40.9. The fourth-order valence-corrected chi connectivity index (χ4v) is 4.09. The Morgan fingerprint density at radius 2 is 1.92 bits per heavy atom.